The average Bonchev–Trinajstić information content (AvgIpc) is 3.29. The van der Waals surface area contributed by atoms with Crippen molar-refractivity contribution < 1.29 is 14.3 Å². The molecule has 0 spiro atoms. The van der Waals surface area contributed by atoms with Gasteiger partial charge in [-0.25, -0.2) is 4.79 Å². The number of carbonyl (C=O) groups excluding carboxylic acids is 2. The summed E-state index contributed by atoms with van der Waals surface area (Å²) >= 11 is 2.68. The molecule has 2 aromatic heterocycles. The molecule has 9 heteroatoms. The first-order valence-electron chi connectivity index (χ1n) is 9.03. The Bertz CT molecular complexity index is 1030. The number of thioether (sulfide) groups is 1. The van der Waals surface area contributed by atoms with Gasteiger partial charge >= 0.3 is 5.97 Å². The molecule has 1 amide bonds. The molecule has 1 N–H and O–H groups in total. The Morgan fingerprint density at radius 2 is 1.97 bits per heavy atom. The van der Waals surface area contributed by atoms with Crippen LogP contribution in [0.25, 0.3) is 11.4 Å². The Kier molecular flexibility index (Phi) is 6.71. The fraction of sp³-hybridized carbons (Fsp3) is 0.300. The Hall–Kier alpha value is -2.65. The number of anilines is 1. The normalized spacial score (nSPS) is 10.8. The van der Waals surface area contributed by atoms with Crippen molar-refractivity contribution in [3.8, 4) is 11.4 Å². The van der Waals surface area contributed by atoms with E-state index < -0.39 is 5.97 Å². The van der Waals surface area contributed by atoms with Gasteiger partial charge < -0.3 is 14.6 Å². The molecule has 1 aromatic carbocycles. The molecule has 7 nitrogen and oxygen atoms in total. The number of thiophene rings is 1. The number of nitrogens with zero attached hydrogens (tertiary/aromatic N) is 3. The van der Waals surface area contributed by atoms with Gasteiger partial charge in [-0.3, -0.25) is 4.79 Å². The number of hydrogen-bond donors (Lipinski definition) is 1. The number of nitrogens with one attached hydrogen (secondary N) is 1. The first-order valence-corrected chi connectivity index (χ1v) is 10.8. The van der Waals surface area contributed by atoms with Crippen molar-refractivity contribution in [2.75, 3.05) is 18.2 Å². The predicted molar refractivity (Wildman–Crippen MR) is 116 cm³/mol. The number of ether oxygens (including phenoxy) is 1. The van der Waals surface area contributed by atoms with Crippen LogP contribution >= 0.6 is 23.1 Å². The van der Waals surface area contributed by atoms with Crippen molar-refractivity contribution in [2.24, 2.45) is 7.05 Å². The maximum Gasteiger partial charge on any atom is 0.340 e. The number of esters is 1. The molecule has 0 saturated carbocycles. The largest absolute Gasteiger partial charge is 0.465 e. The molecule has 29 heavy (non-hydrogen) atoms. The minimum atomic E-state index is -0.458. The summed E-state index contributed by atoms with van der Waals surface area (Å²) in [4.78, 5) is 25.4. The summed E-state index contributed by atoms with van der Waals surface area (Å²) in [6.45, 7) is 4.02. The average molecular weight is 431 g/mol. The van der Waals surface area contributed by atoms with E-state index in [0.717, 1.165) is 22.7 Å². The smallest absolute Gasteiger partial charge is 0.340 e. The Morgan fingerprint density at radius 1 is 1.24 bits per heavy atom. The van der Waals surface area contributed by atoms with Crippen LogP contribution in [-0.2, 0) is 23.0 Å². The van der Waals surface area contributed by atoms with Gasteiger partial charge in [0.1, 0.15) is 5.00 Å². The summed E-state index contributed by atoms with van der Waals surface area (Å²) in [5, 5.41) is 12.4. The van der Waals surface area contributed by atoms with Crippen molar-refractivity contribution >= 4 is 40.0 Å². The lowest BCUT2D eigenvalue weighted by atomic mass is 10.1. The highest BCUT2D eigenvalue weighted by Crippen LogP contribution is 2.30. The van der Waals surface area contributed by atoms with Crippen LogP contribution in [0.15, 0.2) is 35.5 Å². The summed E-state index contributed by atoms with van der Waals surface area (Å²) in [6, 6.07) is 9.80. The first-order chi connectivity index (χ1) is 13.9. The van der Waals surface area contributed by atoms with E-state index in [9.17, 15) is 9.59 Å². The summed E-state index contributed by atoms with van der Waals surface area (Å²) in [7, 11) is 3.20. The number of hydrogen-bond acceptors (Lipinski definition) is 7. The second-order valence-electron chi connectivity index (χ2n) is 6.37. The number of aryl methyl sites for hydroxylation is 2. The second-order valence-corrected chi connectivity index (χ2v) is 8.45. The van der Waals surface area contributed by atoms with E-state index in [4.69, 9.17) is 4.74 Å². The minimum Gasteiger partial charge on any atom is -0.465 e. The molecule has 0 aliphatic carbocycles. The maximum absolute atomic E-state index is 12.4. The number of benzene rings is 1. The molecule has 3 rings (SSSR count). The summed E-state index contributed by atoms with van der Waals surface area (Å²) < 4.78 is 6.67. The number of methoxy groups -OCH3 is 1. The van der Waals surface area contributed by atoms with Crippen LogP contribution in [0.3, 0.4) is 0 Å². The van der Waals surface area contributed by atoms with Crippen molar-refractivity contribution in [1.82, 2.24) is 14.8 Å². The lowest BCUT2D eigenvalue weighted by molar-refractivity contribution is -0.113. The van der Waals surface area contributed by atoms with Gasteiger partial charge in [-0.1, -0.05) is 48.5 Å². The molecule has 0 bridgehead atoms. The van der Waals surface area contributed by atoms with Gasteiger partial charge in [-0.2, -0.15) is 0 Å². The number of rotatable bonds is 7. The fourth-order valence-corrected chi connectivity index (χ4v) is 4.37. The highest BCUT2D eigenvalue weighted by molar-refractivity contribution is 7.99. The van der Waals surface area contributed by atoms with Crippen LogP contribution in [0, 0.1) is 6.92 Å². The number of carbonyl (C=O) groups is 2. The topological polar surface area (TPSA) is 86.1 Å². The lowest BCUT2D eigenvalue weighted by Crippen LogP contribution is -2.16. The van der Waals surface area contributed by atoms with Crippen LogP contribution in [0.1, 0.15) is 27.7 Å². The molecule has 152 valence electrons. The minimum absolute atomic E-state index is 0.153. The molecule has 0 unspecified atom stereocenters. The van der Waals surface area contributed by atoms with E-state index in [1.165, 1.54) is 35.8 Å². The zero-order valence-electron chi connectivity index (χ0n) is 16.7. The Balaban J connectivity index is 1.67. The number of aromatic nitrogens is 3. The van der Waals surface area contributed by atoms with Crippen LogP contribution in [0.4, 0.5) is 5.00 Å². The molecule has 0 saturated heterocycles. The molecule has 3 aromatic rings. The number of amides is 1. The van der Waals surface area contributed by atoms with E-state index in [2.05, 4.69) is 15.5 Å². The third-order valence-electron chi connectivity index (χ3n) is 4.27. The maximum atomic E-state index is 12.4. The standard InChI is InChI=1S/C20H22N4O3S2/c1-5-14-10-15(19(26)27-4)18(29-14)21-16(25)11-28-20-23-22-17(24(20)3)13-8-6-12(2)7-9-13/h6-10H,5,11H2,1-4H3,(H,21,25). The van der Waals surface area contributed by atoms with Gasteiger partial charge in [0.25, 0.3) is 0 Å². The van der Waals surface area contributed by atoms with Gasteiger partial charge in [-0.05, 0) is 19.4 Å². The molecule has 0 atom stereocenters. The summed E-state index contributed by atoms with van der Waals surface area (Å²) in [5.41, 5.74) is 2.52. The Morgan fingerprint density at radius 3 is 2.62 bits per heavy atom. The van der Waals surface area contributed by atoms with Crippen LogP contribution in [-0.4, -0.2) is 39.5 Å². The van der Waals surface area contributed by atoms with Gasteiger partial charge in [0.05, 0.1) is 18.4 Å². The van der Waals surface area contributed by atoms with E-state index in [0.29, 0.717) is 15.7 Å². The van der Waals surface area contributed by atoms with E-state index in [-0.39, 0.29) is 11.7 Å². The highest BCUT2D eigenvalue weighted by atomic mass is 32.2. The summed E-state index contributed by atoms with van der Waals surface area (Å²) in [5.74, 6) is 0.219. The first kappa shape index (κ1) is 21.1. The highest BCUT2D eigenvalue weighted by Gasteiger charge is 2.19. The fourth-order valence-electron chi connectivity index (χ4n) is 2.66. The molecule has 0 radical (unpaired) electrons. The third-order valence-corrected chi connectivity index (χ3v) is 6.48. The van der Waals surface area contributed by atoms with Crippen molar-refractivity contribution in [3.63, 3.8) is 0 Å². The van der Waals surface area contributed by atoms with Crippen molar-refractivity contribution in [1.29, 1.82) is 0 Å². The molecular formula is C20H22N4O3S2. The van der Waals surface area contributed by atoms with Gasteiger partial charge in [0.15, 0.2) is 11.0 Å². The SMILES string of the molecule is CCc1cc(C(=O)OC)c(NC(=O)CSc2nnc(-c3ccc(C)cc3)n2C)s1. The Labute approximate surface area is 177 Å². The van der Waals surface area contributed by atoms with E-state index in [1.54, 1.807) is 6.07 Å². The predicted octanol–water partition coefficient (Wildman–Crippen LogP) is 3.93. The van der Waals surface area contributed by atoms with Gasteiger partial charge in [0, 0.05) is 17.5 Å². The monoisotopic (exact) mass is 430 g/mol. The zero-order valence-corrected chi connectivity index (χ0v) is 18.3. The van der Waals surface area contributed by atoms with E-state index in [1.807, 2.05) is 49.7 Å². The molecule has 2 heterocycles. The molecule has 0 aliphatic heterocycles. The molecule has 0 fully saturated rings. The zero-order chi connectivity index (χ0) is 21.0. The molecule has 0 aliphatic rings. The van der Waals surface area contributed by atoms with Crippen LogP contribution in [0.5, 0.6) is 0 Å². The van der Waals surface area contributed by atoms with Crippen LogP contribution < -0.4 is 5.32 Å². The summed E-state index contributed by atoms with van der Waals surface area (Å²) in [6.07, 6.45) is 0.778. The second kappa shape index (κ2) is 9.23. The van der Waals surface area contributed by atoms with Crippen molar-refractivity contribution in [2.45, 2.75) is 25.4 Å². The van der Waals surface area contributed by atoms with Gasteiger partial charge in [0.2, 0.25) is 5.91 Å². The third kappa shape index (κ3) is 4.86. The van der Waals surface area contributed by atoms with Crippen LogP contribution in [0.2, 0.25) is 0 Å². The van der Waals surface area contributed by atoms with Crippen molar-refractivity contribution in [3.05, 3.63) is 46.3 Å². The quantitative estimate of drug-likeness (QED) is 0.451. The van der Waals surface area contributed by atoms with Gasteiger partial charge in [-0.15, -0.1) is 21.5 Å². The van der Waals surface area contributed by atoms with E-state index >= 15 is 0 Å². The lowest BCUT2D eigenvalue weighted by Gasteiger charge is -2.06. The molecular weight excluding hydrogens is 408 g/mol.